The van der Waals surface area contributed by atoms with Crippen LogP contribution >= 0.6 is 11.6 Å². The molecule has 1 N–H and O–H groups in total. The summed E-state index contributed by atoms with van der Waals surface area (Å²) in [4.78, 5) is -0.00670. The molecule has 3 aromatic rings. The number of hydrogen-bond acceptors (Lipinski definition) is 5. The summed E-state index contributed by atoms with van der Waals surface area (Å²) in [6.45, 7) is 1.52. The molecule has 0 saturated heterocycles. The number of sulfonamides is 2. The number of nitrogens with zero attached hydrogens (tertiary/aromatic N) is 2. The molecule has 1 heterocycles. The molecule has 1 aliphatic heterocycles. The molecule has 0 saturated carbocycles. The number of halogens is 2. The van der Waals surface area contributed by atoms with Gasteiger partial charge in [-0.25, -0.2) is 12.8 Å². The van der Waals surface area contributed by atoms with Crippen molar-refractivity contribution in [2.45, 2.75) is 24.3 Å². The van der Waals surface area contributed by atoms with Gasteiger partial charge in [0.1, 0.15) is 5.82 Å². The highest BCUT2D eigenvalue weighted by Crippen LogP contribution is 2.37. The molecule has 4 rings (SSSR count). The summed E-state index contributed by atoms with van der Waals surface area (Å²) in [6.07, 6.45) is 0.167. The number of nitrogens with one attached hydrogen (secondary N) is 1. The highest BCUT2D eigenvalue weighted by Gasteiger charge is 2.38. The van der Waals surface area contributed by atoms with Crippen LogP contribution in [-0.4, -0.2) is 32.7 Å². The molecule has 0 spiro atoms. The number of benzene rings is 3. The summed E-state index contributed by atoms with van der Waals surface area (Å²) in [5.74, 6) is -0.585. The largest absolute Gasteiger partial charge is 0.284 e. The Kier molecular flexibility index (Phi) is 6.66. The minimum atomic E-state index is -4.10. The third-order valence-corrected chi connectivity index (χ3v) is 8.57. The van der Waals surface area contributed by atoms with Crippen molar-refractivity contribution in [3.63, 3.8) is 0 Å². The van der Waals surface area contributed by atoms with Gasteiger partial charge in [0, 0.05) is 17.1 Å². The van der Waals surface area contributed by atoms with Crippen molar-refractivity contribution in [3.8, 4) is 0 Å². The molecule has 1 aliphatic rings. The fourth-order valence-corrected chi connectivity index (χ4v) is 5.77. The van der Waals surface area contributed by atoms with Crippen LogP contribution in [0.3, 0.4) is 0 Å². The molecule has 3 aromatic carbocycles. The lowest BCUT2D eigenvalue weighted by Crippen LogP contribution is -2.27. The molecule has 178 valence electrons. The summed E-state index contributed by atoms with van der Waals surface area (Å²) in [6, 6.07) is 17.2. The van der Waals surface area contributed by atoms with E-state index in [0.29, 0.717) is 27.5 Å². The minimum Gasteiger partial charge on any atom is -0.284 e. The zero-order chi connectivity index (χ0) is 24.5. The Morgan fingerprint density at radius 2 is 1.74 bits per heavy atom. The fraction of sp³-hybridized carbons (Fsp3) is 0.174. The van der Waals surface area contributed by atoms with Gasteiger partial charge in [-0.1, -0.05) is 35.9 Å². The monoisotopic (exact) mass is 521 g/mol. The van der Waals surface area contributed by atoms with Crippen LogP contribution in [0.25, 0.3) is 0 Å². The normalized spacial score (nSPS) is 16.4. The highest BCUT2D eigenvalue weighted by atomic mass is 35.5. The van der Waals surface area contributed by atoms with E-state index in [4.69, 9.17) is 11.6 Å². The molecule has 0 aliphatic carbocycles. The molecule has 0 amide bonds. The maximum atomic E-state index is 14.0. The lowest BCUT2D eigenvalue weighted by molar-refractivity contribution is 0.370. The van der Waals surface area contributed by atoms with Crippen LogP contribution in [0.2, 0.25) is 5.02 Å². The topological polar surface area (TPSA) is 95.9 Å². The lowest BCUT2D eigenvalue weighted by atomic mass is 9.99. The summed E-state index contributed by atoms with van der Waals surface area (Å²) < 4.78 is 68.3. The van der Waals surface area contributed by atoms with Gasteiger partial charge in [-0.3, -0.25) is 4.72 Å². The third kappa shape index (κ3) is 5.08. The molecule has 11 heteroatoms. The standard InChI is InChI=1S/C23H21ClFN3O4S2/c1-2-33(29,30)27-20-8-4-5-16(14-20)22-15-23(17-6-3-7-19(25)13-17)28(26-22)34(31,32)21-11-9-18(24)10-12-21/h3-14,23,27H,2,15H2,1H3/t23-/m1/s1. The smallest absolute Gasteiger partial charge is 0.279 e. The zero-order valence-corrected chi connectivity index (χ0v) is 20.4. The van der Waals surface area contributed by atoms with Crippen molar-refractivity contribution in [1.29, 1.82) is 0 Å². The van der Waals surface area contributed by atoms with Gasteiger partial charge in [-0.15, -0.1) is 0 Å². The van der Waals surface area contributed by atoms with E-state index in [1.165, 1.54) is 49.4 Å². The minimum absolute atomic E-state index is 0.00670. The van der Waals surface area contributed by atoms with Crippen LogP contribution in [0, 0.1) is 5.82 Å². The summed E-state index contributed by atoms with van der Waals surface area (Å²) in [5, 5.41) is 4.79. The van der Waals surface area contributed by atoms with E-state index in [2.05, 4.69) is 9.82 Å². The first kappa shape index (κ1) is 24.2. The van der Waals surface area contributed by atoms with Gasteiger partial charge in [0.05, 0.1) is 22.4 Å². The van der Waals surface area contributed by atoms with Gasteiger partial charge in [0.15, 0.2) is 0 Å². The molecule has 7 nitrogen and oxygen atoms in total. The SMILES string of the molecule is CCS(=O)(=O)Nc1cccc(C2=NN(S(=O)(=O)c3ccc(Cl)cc3)[C@@H](c3cccc(F)c3)C2)c1. The van der Waals surface area contributed by atoms with Crippen molar-refractivity contribution in [3.05, 3.63) is 94.8 Å². The predicted octanol–water partition coefficient (Wildman–Crippen LogP) is 4.78. The van der Waals surface area contributed by atoms with Crippen LogP contribution in [-0.2, 0) is 20.0 Å². The molecule has 0 bridgehead atoms. The van der Waals surface area contributed by atoms with Crippen molar-refractivity contribution in [1.82, 2.24) is 4.41 Å². The molecular formula is C23H21ClFN3O4S2. The van der Waals surface area contributed by atoms with Crippen molar-refractivity contribution in [2.24, 2.45) is 5.10 Å². The lowest BCUT2D eigenvalue weighted by Gasteiger charge is -2.23. The maximum Gasteiger partial charge on any atom is 0.279 e. The van der Waals surface area contributed by atoms with Gasteiger partial charge in [-0.2, -0.15) is 17.9 Å². The van der Waals surface area contributed by atoms with Crippen molar-refractivity contribution < 1.29 is 21.2 Å². The van der Waals surface area contributed by atoms with Gasteiger partial charge >= 0.3 is 0 Å². The van der Waals surface area contributed by atoms with E-state index in [1.54, 1.807) is 30.3 Å². The van der Waals surface area contributed by atoms with Crippen LogP contribution in [0.15, 0.2) is 82.8 Å². The molecule has 0 aromatic heterocycles. The fourth-order valence-electron chi connectivity index (χ4n) is 3.58. The molecule has 34 heavy (non-hydrogen) atoms. The summed E-state index contributed by atoms with van der Waals surface area (Å²) >= 11 is 5.91. The van der Waals surface area contributed by atoms with Gasteiger partial charge < -0.3 is 0 Å². The number of anilines is 1. The van der Waals surface area contributed by atoms with Crippen LogP contribution in [0.4, 0.5) is 10.1 Å². The second kappa shape index (κ2) is 9.36. The predicted molar refractivity (Wildman–Crippen MR) is 130 cm³/mol. The second-order valence-electron chi connectivity index (χ2n) is 7.64. The highest BCUT2D eigenvalue weighted by molar-refractivity contribution is 7.92. The summed E-state index contributed by atoms with van der Waals surface area (Å²) in [5.41, 5.74) is 1.75. The van der Waals surface area contributed by atoms with E-state index in [0.717, 1.165) is 4.41 Å². The average Bonchev–Trinajstić information content (AvgIpc) is 3.26. The number of rotatable bonds is 7. The average molecular weight is 522 g/mol. The Morgan fingerprint density at radius 3 is 2.41 bits per heavy atom. The van der Waals surface area contributed by atoms with Crippen LogP contribution in [0.5, 0.6) is 0 Å². The van der Waals surface area contributed by atoms with Crippen LogP contribution < -0.4 is 4.72 Å². The van der Waals surface area contributed by atoms with E-state index < -0.39 is 31.9 Å². The molecular weight excluding hydrogens is 501 g/mol. The van der Waals surface area contributed by atoms with E-state index in [9.17, 15) is 21.2 Å². The number of hydrogen-bond donors (Lipinski definition) is 1. The Labute approximate surface area is 203 Å². The second-order valence-corrected chi connectivity index (χ2v) is 11.9. The molecule has 0 radical (unpaired) electrons. The van der Waals surface area contributed by atoms with Gasteiger partial charge in [-0.05, 0) is 66.6 Å². The van der Waals surface area contributed by atoms with E-state index in [1.807, 2.05) is 0 Å². The quantitative estimate of drug-likeness (QED) is 0.484. The Morgan fingerprint density at radius 1 is 1.03 bits per heavy atom. The maximum absolute atomic E-state index is 14.0. The van der Waals surface area contributed by atoms with Crippen molar-refractivity contribution in [2.75, 3.05) is 10.5 Å². The Balaban J connectivity index is 1.77. The third-order valence-electron chi connectivity index (χ3n) is 5.31. The van der Waals surface area contributed by atoms with Crippen molar-refractivity contribution >= 4 is 43.0 Å². The van der Waals surface area contributed by atoms with E-state index >= 15 is 0 Å². The Bertz CT molecular complexity index is 1460. The Hall–Kier alpha value is -2.95. The first-order valence-electron chi connectivity index (χ1n) is 10.3. The molecule has 0 fully saturated rings. The first-order valence-corrected chi connectivity index (χ1v) is 13.8. The van der Waals surface area contributed by atoms with Crippen LogP contribution in [0.1, 0.15) is 30.5 Å². The summed E-state index contributed by atoms with van der Waals surface area (Å²) in [7, 11) is -7.59. The van der Waals surface area contributed by atoms with Gasteiger partial charge in [0.25, 0.3) is 10.0 Å². The van der Waals surface area contributed by atoms with E-state index in [-0.39, 0.29) is 17.1 Å². The zero-order valence-electron chi connectivity index (χ0n) is 18.0. The first-order chi connectivity index (χ1) is 16.1. The number of hydrazone groups is 1. The molecule has 1 atom stereocenters. The molecule has 0 unspecified atom stereocenters. The van der Waals surface area contributed by atoms with Gasteiger partial charge in [0.2, 0.25) is 10.0 Å².